The second-order valence-corrected chi connectivity index (χ2v) is 5.64. The topological polar surface area (TPSA) is 50.4 Å². The van der Waals surface area contributed by atoms with Gasteiger partial charge in [0.2, 0.25) is 5.91 Å². The predicted molar refractivity (Wildman–Crippen MR) is 79.8 cm³/mol. The van der Waals surface area contributed by atoms with Gasteiger partial charge in [0, 0.05) is 12.1 Å². The van der Waals surface area contributed by atoms with Gasteiger partial charge in [-0.2, -0.15) is 0 Å². The summed E-state index contributed by atoms with van der Waals surface area (Å²) in [5.74, 6) is 0.943. The molecule has 1 fully saturated rings. The van der Waals surface area contributed by atoms with Crippen molar-refractivity contribution < 1.29 is 9.53 Å². The Bertz CT molecular complexity index is 466. The van der Waals surface area contributed by atoms with E-state index in [0.29, 0.717) is 6.54 Å². The minimum Gasteiger partial charge on any atom is -0.491 e. The third-order valence-electron chi connectivity index (χ3n) is 3.42. The van der Waals surface area contributed by atoms with Crippen molar-refractivity contribution in [2.75, 3.05) is 6.54 Å². The number of ether oxygens (including phenoxy) is 1. The highest BCUT2D eigenvalue weighted by Gasteiger charge is 2.21. The fraction of sp³-hybridized carbons (Fsp3) is 0.562. The van der Waals surface area contributed by atoms with Crippen molar-refractivity contribution in [3.8, 4) is 5.75 Å². The quantitative estimate of drug-likeness (QED) is 0.866. The molecule has 110 valence electrons. The number of hydrogen-bond acceptors (Lipinski definition) is 3. The number of hydrogen-bond donors (Lipinski definition) is 2. The largest absolute Gasteiger partial charge is 0.491 e. The normalized spacial score (nSPS) is 18.3. The minimum absolute atomic E-state index is 0.0325. The van der Waals surface area contributed by atoms with E-state index in [1.807, 2.05) is 39.0 Å². The van der Waals surface area contributed by atoms with Crippen molar-refractivity contribution in [1.82, 2.24) is 10.6 Å². The van der Waals surface area contributed by atoms with Gasteiger partial charge in [-0.3, -0.25) is 4.79 Å². The molecule has 1 aromatic rings. The zero-order chi connectivity index (χ0) is 14.5. The molecule has 1 amide bonds. The molecule has 1 atom stereocenters. The highest BCUT2D eigenvalue weighted by molar-refractivity contribution is 5.82. The molecule has 4 nitrogen and oxygen atoms in total. The Labute approximate surface area is 120 Å². The van der Waals surface area contributed by atoms with Gasteiger partial charge in [-0.25, -0.2) is 0 Å². The highest BCUT2D eigenvalue weighted by atomic mass is 16.5. The van der Waals surface area contributed by atoms with E-state index in [1.165, 1.54) is 0 Å². The molecule has 1 saturated heterocycles. The zero-order valence-corrected chi connectivity index (χ0v) is 12.5. The lowest BCUT2D eigenvalue weighted by Gasteiger charge is -2.16. The van der Waals surface area contributed by atoms with Crippen molar-refractivity contribution in [2.45, 2.75) is 52.3 Å². The molecule has 0 aromatic heterocycles. The van der Waals surface area contributed by atoms with E-state index in [2.05, 4.69) is 10.6 Å². The summed E-state index contributed by atoms with van der Waals surface area (Å²) in [7, 11) is 0. The molecule has 1 aromatic carbocycles. The van der Waals surface area contributed by atoms with Gasteiger partial charge in [0.25, 0.3) is 0 Å². The Morgan fingerprint density at radius 3 is 2.95 bits per heavy atom. The van der Waals surface area contributed by atoms with Crippen molar-refractivity contribution in [1.29, 1.82) is 0 Å². The summed E-state index contributed by atoms with van der Waals surface area (Å²) in [6.45, 7) is 7.50. The van der Waals surface area contributed by atoms with Crippen LogP contribution in [0.4, 0.5) is 0 Å². The van der Waals surface area contributed by atoms with Crippen LogP contribution in [0.3, 0.4) is 0 Å². The summed E-state index contributed by atoms with van der Waals surface area (Å²) < 4.78 is 5.82. The molecule has 1 unspecified atom stereocenters. The van der Waals surface area contributed by atoms with Crippen LogP contribution in [0.5, 0.6) is 5.75 Å². The van der Waals surface area contributed by atoms with Crippen molar-refractivity contribution in [3.63, 3.8) is 0 Å². The first kappa shape index (κ1) is 14.9. The smallest absolute Gasteiger partial charge is 0.237 e. The van der Waals surface area contributed by atoms with Gasteiger partial charge in [0.1, 0.15) is 5.75 Å². The lowest BCUT2D eigenvalue weighted by Crippen LogP contribution is -2.40. The van der Waals surface area contributed by atoms with Gasteiger partial charge in [0.05, 0.1) is 12.1 Å². The minimum atomic E-state index is -0.0325. The van der Waals surface area contributed by atoms with Crippen LogP contribution in [0.15, 0.2) is 18.2 Å². The molecule has 0 radical (unpaired) electrons. The maximum atomic E-state index is 12.0. The van der Waals surface area contributed by atoms with Crippen molar-refractivity contribution in [3.05, 3.63) is 29.3 Å². The number of nitrogens with one attached hydrogen (secondary N) is 2. The first-order valence-corrected chi connectivity index (χ1v) is 7.33. The van der Waals surface area contributed by atoms with E-state index in [-0.39, 0.29) is 18.1 Å². The summed E-state index contributed by atoms with van der Waals surface area (Å²) in [4.78, 5) is 12.0. The Balaban J connectivity index is 1.99. The second kappa shape index (κ2) is 6.75. The lowest BCUT2D eigenvalue weighted by molar-refractivity contribution is -0.122. The third-order valence-corrected chi connectivity index (χ3v) is 3.42. The predicted octanol–water partition coefficient (Wildman–Crippen LogP) is 2.15. The molecule has 2 N–H and O–H groups in total. The molecule has 0 bridgehead atoms. The number of carbonyl (C=O) groups excluding carboxylic acids is 1. The molecule has 2 rings (SSSR count). The van der Waals surface area contributed by atoms with Gasteiger partial charge < -0.3 is 15.4 Å². The number of benzene rings is 1. The average Bonchev–Trinajstić information content (AvgIpc) is 2.90. The zero-order valence-electron chi connectivity index (χ0n) is 12.5. The van der Waals surface area contributed by atoms with Gasteiger partial charge in [-0.15, -0.1) is 0 Å². The Morgan fingerprint density at radius 1 is 1.50 bits per heavy atom. The molecule has 4 heteroatoms. The maximum absolute atomic E-state index is 12.0. The van der Waals surface area contributed by atoms with E-state index < -0.39 is 0 Å². The monoisotopic (exact) mass is 276 g/mol. The molecule has 20 heavy (non-hydrogen) atoms. The lowest BCUT2D eigenvalue weighted by atomic mass is 10.1. The first-order valence-electron chi connectivity index (χ1n) is 7.33. The Hall–Kier alpha value is -1.55. The number of aryl methyl sites for hydroxylation is 1. The van der Waals surface area contributed by atoms with Crippen LogP contribution in [0.2, 0.25) is 0 Å². The van der Waals surface area contributed by atoms with Crippen LogP contribution >= 0.6 is 0 Å². The molecule has 0 spiro atoms. The molecule has 1 aliphatic heterocycles. The first-order chi connectivity index (χ1) is 9.56. The van der Waals surface area contributed by atoms with Crippen molar-refractivity contribution >= 4 is 5.91 Å². The van der Waals surface area contributed by atoms with Crippen LogP contribution in [0.1, 0.15) is 37.8 Å². The summed E-state index contributed by atoms with van der Waals surface area (Å²) >= 11 is 0. The number of amides is 1. The van der Waals surface area contributed by atoms with Gasteiger partial charge >= 0.3 is 0 Å². The standard InChI is InChI=1S/C16H24N2O2/c1-11(2)20-15-9-12(3)6-7-13(15)10-18-16(19)14-5-4-8-17-14/h6-7,9,11,14,17H,4-5,8,10H2,1-3H3,(H,18,19). The van der Waals surface area contributed by atoms with E-state index in [4.69, 9.17) is 4.74 Å². The van der Waals surface area contributed by atoms with E-state index in [1.54, 1.807) is 0 Å². The molecule has 1 heterocycles. The van der Waals surface area contributed by atoms with Crippen molar-refractivity contribution in [2.24, 2.45) is 0 Å². The van der Waals surface area contributed by atoms with Crippen LogP contribution in [0, 0.1) is 6.92 Å². The van der Waals surface area contributed by atoms with E-state index in [0.717, 1.165) is 36.3 Å². The average molecular weight is 276 g/mol. The third kappa shape index (κ3) is 3.97. The molecule has 1 aliphatic rings. The van der Waals surface area contributed by atoms with Crippen LogP contribution < -0.4 is 15.4 Å². The summed E-state index contributed by atoms with van der Waals surface area (Å²) in [6.07, 6.45) is 2.13. The summed E-state index contributed by atoms with van der Waals surface area (Å²) in [5, 5.41) is 6.20. The fourth-order valence-electron chi connectivity index (χ4n) is 2.39. The Morgan fingerprint density at radius 2 is 2.30 bits per heavy atom. The molecule has 0 aliphatic carbocycles. The van der Waals surface area contributed by atoms with Gasteiger partial charge in [-0.05, 0) is 51.8 Å². The number of carbonyl (C=O) groups is 1. The van der Waals surface area contributed by atoms with Gasteiger partial charge in [-0.1, -0.05) is 12.1 Å². The summed E-state index contributed by atoms with van der Waals surface area (Å²) in [6, 6.07) is 6.06. The van der Waals surface area contributed by atoms with Crippen LogP contribution in [-0.4, -0.2) is 24.6 Å². The molecule has 0 saturated carbocycles. The molecular weight excluding hydrogens is 252 g/mol. The van der Waals surface area contributed by atoms with E-state index in [9.17, 15) is 4.79 Å². The fourth-order valence-corrected chi connectivity index (χ4v) is 2.39. The highest BCUT2D eigenvalue weighted by Crippen LogP contribution is 2.21. The molecular formula is C16H24N2O2. The number of rotatable bonds is 5. The SMILES string of the molecule is Cc1ccc(CNC(=O)C2CCCN2)c(OC(C)C)c1. The van der Waals surface area contributed by atoms with Crippen LogP contribution in [-0.2, 0) is 11.3 Å². The second-order valence-electron chi connectivity index (χ2n) is 5.64. The van der Waals surface area contributed by atoms with Crippen LogP contribution in [0.25, 0.3) is 0 Å². The summed E-state index contributed by atoms with van der Waals surface area (Å²) in [5.41, 5.74) is 2.18. The maximum Gasteiger partial charge on any atom is 0.237 e. The van der Waals surface area contributed by atoms with Gasteiger partial charge in [0.15, 0.2) is 0 Å². The van der Waals surface area contributed by atoms with E-state index >= 15 is 0 Å². The Kier molecular flexibility index (Phi) is 5.01.